The molecule has 1 heterocycles. The number of carbonyl (C=O) groups excluding carboxylic acids is 2. The Morgan fingerprint density at radius 3 is 2.53 bits per heavy atom. The summed E-state index contributed by atoms with van der Waals surface area (Å²) >= 11 is 0. The summed E-state index contributed by atoms with van der Waals surface area (Å²) in [7, 11) is 0. The van der Waals surface area contributed by atoms with Crippen molar-refractivity contribution >= 4 is 11.8 Å². The van der Waals surface area contributed by atoms with Crippen LogP contribution in [0.3, 0.4) is 0 Å². The summed E-state index contributed by atoms with van der Waals surface area (Å²) in [6.45, 7) is 2.32. The van der Waals surface area contributed by atoms with Crippen LogP contribution >= 0.6 is 0 Å². The highest BCUT2D eigenvalue weighted by atomic mass is 19.1. The van der Waals surface area contributed by atoms with E-state index in [4.69, 9.17) is 0 Å². The minimum atomic E-state index is -0.316. The van der Waals surface area contributed by atoms with Gasteiger partial charge in [-0.3, -0.25) is 19.8 Å². The van der Waals surface area contributed by atoms with Crippen LogP contribution in [0.2, 0.25) is 0 Å². The van der Waals surface area contributed by atoms with Crippen LogP contribution in [0, 0.1) is 12.7 Å². The van der Waals surface area contributed by atoms with E-state index < -0.39 is 0 Å². The van der Waals surface area contributed by atoms with Gasteiger partial charge in [0.25, 0.3) is 0 Å². The second kappa shape index (κ2) is 4.63. The van der Waals surface area contributed by atoms with Gasteiger partial charge in [0.1, 0.15) is 5.82 Å². The predicted octanol–water partition coefficient (Wildman–Crippen LogP) is 0.593. The fourth-order valence-corrected chi connectivity index (χ4v) is 1.79. The summed E-state index contributed by atoms with van der Waals surface area (Å²) in [5.41, 5.74) is 1.53. The highest BCUT2D eigenvalue weighted by molar-refractivity contribution is 5.99. The van der Waals surface area contributed by atoms with Gasteiger partial charge in [0.2, 0.25) is 11.8 Å². The maximum absolute atomic E-state index is 12.9. The van der Waals surface area contributed by atoms with E-state index in [0.29, 0.717) is 0 Å². The first-order chi connectivity index (χ1) is 8.08. The average Bonchev–Trinajstić information content (AvgIpc) is 2.26. The normalized spacial score (nSPS) is 16.5. The largest absolute Gasteiger partial charge is 0.300 e. The van der Waals surface area contributed by atoms with Gasteiger partial charge in [-0.15, -0.1) is 0 Å². The molecule has 90 valence electrons. The molecule has 1 N–H and O–H groups in total. The van der Waals surface area contributed by atoms with Crippen molar-refractivity contribution in [3.05, 3.63) is 35.1 Å². The lowest BCUT2D eigenvalue weighted by Crippen LogP contribution is -2.51. The number of amides is 2. The first kappa shape index (κ1) is 11.7. The molecule has 0 aliphatic carbocycles. The molecule has 1 saturated heterocycles. The lowest BCUT2D eigenvalue weighted by Gasteiger charge is -2.26. The Morgan fingerprint density at radius 1 is 1.29 bits per heavy atom. The second-order valence-electron chi connectivity index (χ2n) is 4.05. The summed E-state index contributed by atoms with van der Waals surface area (Å²) in [6.07, 6.45) is 0. The quantitative estimate of drug-likeness (QED) is 0.765. The van der Waals surface area contributed by atoms with Gasteiger partial charge in [-0.2, -0.15) is 0 Å². The van der Waals surface area contributed by atoms with Crippen LogP contribution in [-0.4, -0.2) is 29.8 Å². The molecule has 17 heavy (non-hydrogen) atoms. The highest BCUT2D eigenvalue weighted by Gasteiger charge is 2.25. The smallest absolute Gasteiger partial charge is 0.243 e. The van der Waals surface area contributed by atoms with Gasteiger partial charge in [-0.25, -0.2) is 4.39 Å². The first-order valence-electron chi connectivity index (χ1n) is 5.37. The molecule has 2 rings (SSSR count). The van der Waals surface area contributed by atoms with Crippen LogP contribution in [0.1, 0.15) is 11.1 Å². The summed E-state index contributed by atoms with van der Waals surface area (Å²) in [4.78, 5) is 24.3. The molecule has 0 saturated carbocycles. The number of nitrogens with one attached hydrogen (secondary N) is 1. The van der Waals surface area contributed by atoms with E-state index in [1.54, 1.807) is 13.0 Å². The highest BCUT2D eigenvalue weighted by Crippen LogP contribution is 2.13. The Balaban J connectivity index is 2.19. The Kier molecular flexibility index (Phi) is 3.19. The Morgan fingerprint density at radius 2 is 1.94 bits per heavy atom. The molecule has 2 amide bonds. The van der Waals surface area contributed by atoms with Crippen molar-refractivity contribution in [2.45, 2.75) is 13.5 Å². The molecule has 1 aromatic rings. The van der Waals surface area contributed by atoms with Crippen molar-refractivity contribution in [1.82, 2.24) is 10.2 Å². The molecule has 0 aromatic heterocycles. The van der Waals surface area contributed by atoms with E-state index in [0.717, 1.165) is 11.1 Å². The number of rotatable bonds is 2. The summed E-state index contributed by atoms with van der Waals surface area (Å²) < 4.78 is 12.9. The summed E-state index contributed by atoms with van der Waals surface area (Å²) in [5, 5.41) is 2.72. The van der Waals surface area contributed by atoms with Gasteiger partial charge in [0, 0.05) is 0 Å². The van der Waals surface area contributed by atoms with Gasteiger partial charge in [0.05, 0.1) is 19.6 Å². The third-order valence-electron chi connectivity index (χ3n) is 2.79. The summed E-state index contributed by atoms with van der Waals surface area (Å²) in [6, 6.07) is 4.33. The number of carbonyl (C=O) groups is 2. The van der Waals surface area contributed by atoms with Gasteiger partial charge in [-0.1, -0.05) is 6.07 Å². The number of piperazine rings is 1. The minimum Gasteiger partial charge on any atom is -0.300 e. The van der Waals surface area contributed by atoms with Crippen molar-refractivity contribution in [3.63, 3.8) is 0 Å². The number of halogens is 1. The number of imide groups is 1. The monoisotopic (exact) mass is 236 g/mol. The van der Waals surface area contributed by atoms with Crippen LogP contribution in [0.25, 0.3) is 0 Å². The van der Waals surface area contributed by atoms with Gasteiger partial charge in [0.15, 0.2) is 0 Å². The predicted molar refractivity (Wildman–Crippen MR) is 59.6 cm³/mol. The molecular weight excluding hydrogens is 223 g/mol. The van der Waals surface area contributed by atoms with Gasteiger partial charge in [-0.05, 0) is 30.2 Å². The fourth-order valence-electron chi connectivity index (χ4n) is 1.79. The molecule has 0 bridgehead atoms. The van der Waals surface area contributed by atoms with Crippen molar-refractivity contribution in [1.29, 1.82) is 0 Å². The number of aryl methyl sites for hydroxylation is 1. The fraction of sp³-hybridized carbons (Fsp3) is 0.333. The number of benzene rings is 1. The Bertz CT molecular complexity index is 458. The number of hydrogen-bond acceptors (Lipinski definition) is 3. The van der Waals surface area contributed by atoms with E-state index in [9.17, 15) is 14.0 Å². The van der Waals surface area contributed by atoms with Gasteiger partial charge >= 0.3 is 0 Å². The molecular formula is C12H13FN2O2. The standard InChI is InChI=1S/C12H13FN2O2/c1-8-4-10(13)3-2-9(8)7-15-11(16)5-14-6-12(15)17/h2-4,14H,5-7H2,1H3. The zero-order valence-corrected chi connectivity index (χ0v) is 9.50. The molecule has 1 fully saturated rings. The first-order valence-corrected chi connectivity index (χ1v) is 5.37. The van der Waals surface area contributed by atoms with E-state index in [1.165, 1.54) is 17.0 Å². The number of hydrogen-bond donors (Lipinski definition) is 1. The average molecular weight is 236 g/mol. The van der Waals surface area contributed by atoms with Crippen molar-refractivity contribution in [2.75, 3.05) is 13.1 Å². The van der Waals surface area contributed by atoms with Crippen molar-refractivity contribution in [3.8, 4) is 0 Å². The van der Waals surface area contributed by atoms with Crippen molar-refractivity contribution < 1.29 is 14.0 Å². The lowest BCUT2D eigenvalue weighted by atomic mass is 10.1. The molecule has 0 radical (unpaired) electrons. The van der Waals surface area contributed by atoms with Crippen LogP contribution in [0.5, 0.6) is 0 Å². The van der Waals surface area contributed by atoms with Gasteiger partial charge < -0.3 is 0 Å². The molecule has 1 aliphatic heterocycles. The summed E-state index contributed by atoms with van der Waals surface area (Å²) in [5.74, 6) is -0.806. The lowest BCUT2D eigenvalue weighted by molar-refractivity contribution is -0.147. The third-order valence-corrected chi connectivity index (χ3v) is 2.79. The topological polar surface area (TPSA) is 49.4 Å². The van der Waals surface area contributed by atoms with E-state index in [-0.39, 0.29) is 37.3 Å². The molecule has 5 heteroatoms. The maximum Gasteiger partial charge on any atom is 0.243 e. The molecule has 0 spiro atoms. The minimum absolute atomic E-state index is 0.173. The van der Waals surface area contributed by atoms with E-state index >= 15 is 0 Å². The van der Waals surface area contributed by atoms with E-state index in [1.807, 2.05) is 0 Å². The second-order valence-corrected chi connectivity index (χ2v) is 4.05. The van der Waals surface area contributed by atoms with E-state index in [2.05, 4.69) is 5.32 Å². The Labute approximate surface area is 98.4 Å². The zero-order chi connectivity index (χ0) is 12.4. The molecule has 1 aromatic carbocycles. The van der Waals surface area contributed by atoms with Crippen LogP contribution in [0.15, 0.2) is 18.2 Å². The SMILES string of the molecule is Cc1cc(F)ccc1CN1C(=O)CNCC1=O. The molecule has 0 atom stereocenters. The molecule has 1 aliphatic rings. The molecule has 4 nitrogen and oxygen atoms in total. The molecule has 0 unspecified atom stereocenters. The van der Waals surface area contributed by atoms with Crippen LogP contribution in [0.4, 0.5) is 4.39 Å². The third kappa shape index (κ3) is 2.50. The zero-order valence-electron chi connectivity index (χ0n) is 9.50. The maximum atomic E-state index is 12.9. The Hall–Kier alpha value is -1.75. The number of nitrogens with zero attached hydrogens (tertiary/aromatic N) is 1. The van der Waals surface area contributed by atoms with Crippen molar-refractivity contribution in [2.24, 2.45) is 0 Å². The van der Waals surface area contributed by atoms with Crippen LogP contribution in [-0.2, 0) is 16.1 Å². The van der Waals surface area contributed by atoms with Crippen LogP contribution < -0.4 is 5.32 Å².